The van der Waals surface area contributed by atoms with Crippen molar-refractivity contribution in [1.82, 2.24) is 9.72 Å². The summed E-state index contributed by atoms with van der Waals surface area (Å²) in [7, 11) is 0. The van der Waals surface area contributed by atoms with E-state index in [1.165, 1.54) is 0 Å². The molecule has 0 saturated heterocycles. The molecular weight excluding hydrogens is 434 g/mol. The number of hydrogen-bond acceptors (Lipinski definition) is 6. The van der Waals surface area contributed by atoms with Gasteiger partial charge < -0.3 is 20.9 Å². The van der Waals surface area contributed by atoms with Gasteiger partial charge in [-0.3, -0.25) is 9.59 Å². The summed E-state index contributed by atoms with van der Waals surface area (Å²) in [5.74, 6) is -0.181. The molecule has 0 fully saturated rings. The van der Waals surface area contributed by atoms with Crippen LogP contribution in [0.25, 0.3) is 0 Å². The first kappa shape index (κ1) is 23.4. The second-order valence-corrected chi connectivity index (χ2v) is 9.07. The van der Waals surface area contributed by atoms with Crippen LogP contribution in [0, 0.1) is 0 Å². The van der Waals surface area contributed by atoms with E-state index >= 15 is 0 Å². The Bertz CT molecular complexity index is 1210. The number of anilines is 2. The first-order valence-electron chi connectivity index (χ1n) is 11.3. The molecule has 0 aliphatic heterocycles. The highest BCUT2D eigenvalue weighted by atomic mass is 16.5. The zero-order valence-corrected chi connectivity index (χ0v) is 19.5. The van der Waals surface area contributed by atoms with Crippen molar-refractivity contribution in [3.63, 3.8) is 0 Å². The summed E-state index contributed by atoms with van der Waals surface area (Å²) >= 11 is 0. The fourth-order valence-electron chi connectivity index (χ4n) is 5.12. The van der Waals surface area contributed by atoms with E-state index in [4.69, 9.17) is 10.3 Å². The molecule has 4 rings (SSSR count). The molecule has 9 nitrogen and oxygen atoms in total. The number of benzene rings is 2. The van der Waals surface area contributed by atoms with Crippen LogP contribution in [0.1, 0.15) is 61.3 Å². The summed E-state index contributed by atoms with van der Waals surface area (Å²) in [5, 5.41) is 5.45. The molecule has 2 amide bonds. The molecule has 34 heavy (non-hydrogen) atoms. The van der Waals surface area contributed by atoms with Gasteiger partial charge in [-0.1, -0.05) is 12.1 Å². The number of aromatic nitrogens is 2. The third-order valence-electron chi connectivity index (χ3n) is 6.31. The highest BCUT2D eigenvalue weighted by Crippen LogP contribution is 2.48. The van der Waals surface area contributed by atoms with Gasteiger partial charge in [0.25, 0.3) is 0 Å². The van der Waals surface area contributed by atoms with Crippen molar-refractivity contribution in [1.29, 1.82) is 0 Å². The van der Waals surface area contributed by atoms with Crippen LogP contribution < -0.4 is 22.1 Å². The number of aryl methyl sites for hydroxylation is 2. The highest BCUT2D eigenvalue weighted by Gasteiger charge is 2.46. The lowest BCUT2D eigenvalue weighted by atomic mass is 9.68. The normalized spacial score (nSPS) is 15.1. The van der Waals surface area contributed by atoms with Crippen LogP contribution >= 0.6 is 0 Å². The third kappa shape index (κ3) is 4.03. The molecule has 0 unspecified atom stereocenters. The van der Waals surface area contributed by atoms with Crippen molar-refractivity contribution in [3.8, 4) is 0 Å². The van der Waals surface area contributed by atoms with Gasteiger partial charge in [0, 0.05) is 17.4 Å². The second-order valence-electron chi connectivity index (χ2n) is 9.07. The maximum absolute atomic E-state index is 12.4. The number of hydrogen-bond donors (Lipinski definition) is 3. The Labute approximate surface area is 197 Å². The minimum Gasteiger partial charge on any atom is -0.329 e. The summed E-state index contributed by atoms with van der Waals surface area (Å²) in [6.45, 7) is 5.79. The Morgan fingerprint density at radius 3 is 2.00 bits per heavy atom. The van der Waals surface area contributed by atoms with Gasteiger partial charge in [-0.2, -0.15) is 9.72 Å². The molecule has 4 N–H and O–H groups in total. The molecule has 1 aliphatic rings. The molecule has 1 atom stereocenters. The fraction of sp³-hybridized carbons (Fsp3) is 0.360. The summed E-state index contributed by atoms with van der Waals surface area (Å²) in [6.07, 6.45) is 3.13. The lowest BCUT2D eigenvalue weighted by Gasteiger charge is -2.37. The van der Waals surface area contributed by atoms with E-state index in [0.717, 1.165) is 22.3 Å². The maximum atomic E-state index is 12.4. The first-order valence-corrected chi connectivity index (χ1v) is 11.3. The van der Waals surface area contributed by atoms with E-state index in [2.05, 4.69) is 15.6 Å². The van der Waals surface area contributed by atoms with E-state index in [-0.39, 0.29) is 12.1 Å². The molecule has 0 bridgehead atoms. The zero-order chi connectivity index (χ0) is 24.5. The number of nitrogens with zero attached hydrogens (tertiary/aromatic N) is 2. The lowest BCUT2D eigenvalue weighted by Crippen LogP contribution is -2.39. The monoisotopic (exact) mass is 463 g/mol. The molecular formula is C25H29N5O4. The standard InChI is InChI=1S/C25H29N5O4/c1-15(2)30-23(29-24(33)34-30)25(12-16(3)26)21-8-6-19(27-13-31)10-17(21)4-5-18-11-20(28-14-32)7-9-22(18)25/h6-11,13-16H,4-5,12,26H2,1-3H3,(H,27,31)(H,28,32)/t16-/m1/s1. The first-order chi connectivity index (χ1) is 16.3. The average molecular weight is 464 g/mol. The van der Waals surface area contributed by atoms with Gasteiger partial charge in [0.05, 0.1) is 11.5 Å². The smallest absolute Gasteiger partial charge is 0.329 e. The van der Waals surface area contributed by atoms with Crippen molar-refractivity contribution in [3.05, 3.63) is 75.0 Å². The van der Waals surface area contributed by atoms with Gasteiger partial charge in [0.15, 0.2) is 5.82 Å². The predicted octanol–water partition coefficient (Wildman–Crippen LogP) is 2.72. The van der Waals surface area contributed by atoms with Crippen molar-refractivity contribution < 1.29 is 14.1 Å². The Balaban J connectivity index is 2.12. The van der Waals surface area contributed by atoms with Crippen LogP contribution in [0.15, 0.2) is 45.7 Å². The van der Waals surface area contributed by atoms with Crippen molar-refractivity contribution in [2.75, 3.05) is 10.6 Å². The largest absolute Gasteiger partial charge is 0.459 e. The summed E-state index contributed by atoms with van der Waals surface area (Å²) in [6, 6.07) is 11.1. The maximum Gasteiger partial charge on any atom is 0.459 e. The van der Waals surface area contributed by atoms with Crippen LogP contribution in [0.4, 0.5) is 11.4 Å². The molecule has 1 heterocycles. The molecule has 9 heteroatoms. The molecule has 1 aliphatic carbocycles. The molecule has 2 aromatic carbocycles. The quantitative estimate of drug-likeness (QED) is 0.440. The minimum absolute atomic E-state index is 0.155. The van der Waals surface area contributed by atoms with Gasteiger partial charge >= 0.3 is 5.76 Å². The average Bonchev–Trinajstić information content (AvgIpc) is 3.14. The molecule has 0 radical (unpaired) electrons. The van der Waals surface area contributed by atoms with Crippen LogP contribution in [0.2, 0.25) is 0 Å². The number of fused-ring (bicyclic) bond motifs is 2. The Hall–Kier alpha value is -3.72. The van der Waals surface area contributed by atoms with Crippen molar-refractivity contribution in [2.24, 2.45) is 5.73 Å². The Morgan fingerprint density at radius 1 is 1.03 bits per heavy atom. The van der Waals surface area contributed by atoms with Crippen LogP contribution in [0.3, 0.4) is 0 Å². The van der Waals surface area contributed by atoms with Crippen LogP contribution in [-0.4, -0.2) is 28.6 Å². The van der Waals surface area contributed by atoms with Gasteiger partial charge in [-0.15, -0.1) is 0 Å². The third-order valence-corrected chi connectivity index (χ3v) is 6.31. The van der Waals surface area contributed by atoms with Gasteiger partial charge in [0.1, 0.15) is 0 Å². The number of carbonyl (C=O) groups is 2. The van der Waals surface area contributed by atoms with Gasteiger partial charge in [-0.05, 0) is 86.6 Å². The topological polar surface area (TPSA) is 132 Å². The molecule has 0 spiro atoms. The van der Waals surface area contributed by atoms with E-state index in [1.807, 2.05) is 57.2 Å². The second kappa shape index (κ2) is 9.26. The number of rotatable bonds is 8. The van der Waals surface area contributed by atoms with Gasteiger partial charge in [0.2, 0.25) is 12.8 Å². The minimum atomic E-state index is -0.884. The van der Waals surface area contributed by atoms with E-state index < -0.39 is 11.2 Å². The van der Waals surface area contributed by atoms with Crippen molar-refractivity contribution in [2.45, 2.75) is 57.5 Å². The molecule has 178 valence electrons. The van der Waals surface area contributed by atoms with Crippen molar-refractivity contribution >= 4 is 24.2 Å². The summed E-state index contributed by atoms with van der Waals surface area (Å²) in [4.78, 5) is 39.0. The number of nitrogens with two attached hydrogens (primary N) is 1. The van der Waals surface area contributed by atoms with Crippen LogP contribution in [-0.2, 0) is 27.8 Å². The predicted molar refractivity (Wildman–Crippen MR) is 129 cm³/mol. The van der Waals surface area contributed by atoms with E-state index in [0.29, 0.717) is 49.3 Å². The molecule has 3 aromatic rings. The summed E-state index contributed by atoms with van der Waals surface area (Å²) < 4.78 is 7.09. The SMILES string of the molecule is CC(C)n1oc(=O)nc1C1(C[C@@H](C)N)c2ccc(NC=O)cc2CCc2cc(NC=O)ccc21. The fourth-order valence-corrected chi connectivity index (χ4v) is 5.12. The summed E-state index contributed by atoms with van der Waals surface area (Å²) in [5.41, 5.74) is 10.9. The Kier molecular flexibility index (Phi) is 6.39. The van der Waals surface area contributed by atoms with Crippen LogP contribution in [0.5, 0.6) is 0 Å². The molecule has 1 aromatic heterocycles. The number of nitrogens with one attached hydrogen (secondary N) is 2. The zero-order valence-electron chi connectivity index (χ0n) is 19.5. The Morgan fingerprint density at radius 2 is 1.56 bits per heavy atom. The van der Waals surface area contributed by atoms with E-state index in [9.17, 15) is 14.4 Å². The lowest BCUT2D eigenvalue weighted by molar-refractivity contribution is -0.106. The molecule has 0 saturated carbocycles. The highest BCUT2D eigenvalue weighted by molar-refractivity contribution is 5.74. The van der Waals surface area contributed by atoms with E-state index in [1.54, 1.807) is 4.74 Å². The number of carbonyl (C=O) groups excluding carboxylic acids is 2. The number of amides is 2. The van der Waals surface area contributed by atoms with Gasteiger partial charge in [-0.25, -0.2) is 4.79 Å².